The molecule has 3 aromatic carbocycles. The standard InChI is InChI=1S/C29H26O3S2/c1-20(2)28(30)33-26-15-11-24(12-16-26)23-9-7-22(8-10-23)6-5-19-32-25-13-17-27(18-14-25)34-29(31)21(3)4/h5-18H,1,3,19H2,2,4H3/b6-5+. The normalized spacial score (nSPS) is 10.8. The molecule has 172 valence electrons. The average molecular weight is 487 g/mol. The quantitative estimate of drug-likeness (QED) is 0.228. The summed E-state index contributed by atoms with van der Waals surface area (Å²) in [5, 5.41) is -0.0484. The third-order valence-corrected chi connectivity index (χ3v) is 6.78. The van der Waals surface area contributed by atoms with Crippen LogP contribution in [-0.4, -0.2) is 16.8 Å². The predicted octanol–water partition coefficient (Wildman–Crippen LogP) is 7.84. The molecule has 0 aliphatic rings. The van der Waals surface area contributed by atoms with Gasteiger partial charge < -0.3 is 4.74 Å². The van der Waals surface area contributed by atoms with Crippen LogP contribution in [0.1, 0.15) is 19.4 Å². The van der Waals surface area contributed by atoms with Gasteiger partial charge >= 0.3 is 0 Å². The first kappa shape index (κ1) is 25.3. The number of hydrogen-bond donors (Lipinski definition) is 0. The van der Waals surface area contributed by atoms with Gasteiger partial charge in [0.2, 0.25) is 10.2 Å². The second-order valence-electron chi connectivity index (χ2n) is 7.67. The molecule has 3 rings (SSSR count). The van der Waals surface area contributed by atoms with Crippen molar-refractivity contribution < 1.29 is 14.3 Å². The fraction of sp³-hybridized carbons (Fsp3) is 0.103. The van der Waals surface area contributed by atoms with Gasteiger partial charge in [-0.3, -0.25) is 9.59 Å². The predicted molar refractivity (Wildman–Crippen MR) is 144 cm³/mol. The number of thioether (sulfide) groups is 2. The Balaban J connectivity index is 1.50. The first-order valence-corrected chi connectivity index (χ1v) is 12.3. The van der Waals surface area contributed by atoms with E-state index in [0.29, 0.717) is 17.8 Å². The maximum Gasteiger partial charge on any atom is 0.219 e. The molecule has 0 atom stereocenters. The summed E-state index contributed by atoms with van der Waals surface area (Å²) in [6.07, 6.45) is 3.98. The van der Waals surface area contributed by atoms with Crippen molar-refractivity contribution in [3.8, 4) is 16.9 Å². The molecule has 34 heavy (non-hydrogen) atoms. The number of hydrogen-bond acceptors (Lipinski definition) is 5. The van der Waals surface area contributed by atoms with Crippen LogP contribution >= 0.6 is 23.5 Å². The molecule has 0 unspecified atom stereocenters. The highest BCUT2D eigenvalue weighted by molar-refractivity contribution is 8.14. The SMILES string of the molecule is C=C(C)C(=O)Sc1ccc(OC/C=C/c2ccc(-c3ccc(SC(=O)C(=C)C)cc3)cc2)cc1. The Morgan fingerprint density at radius 1 is 0.735 bits per heavy atom. The van der Waals surface area contributed by atoms with E-state index in [-0.39, 0.29) is 10.2 Å². The number of ether oxygens (including phenoxy) is 1. The number of carbonyl (C=O) groups excluding carboxylic acids is 2. The molecule has 5 heteroatoms. The van der Waals surface area contributed by atoms with E-state index in [1.54, 1.807) is 13.8 Å². The lowest BCUT2D eigenvalue weighted by molar-refractivity contribution is -0.108. The smallest absolute Gasteiger partial charge is 0.219 e. The van der Waals surface area contributed by atoms with Gasteiger partial charge in [-0.2, -0.15) is 0 Å². The second kappa shape index (κ2) is 12.3. The Hall–Kier alpha value is -3.28. The van der Waals surface area contributed by atoms with Crippen molar-refractivity contribution in [3.63, 3.8) is 0 Å². The Bertz CT molecular complexity index is 1210. The van der Waals surface area contributed by atoms with E-state index in [1.165, 1.54) is 11.8 Å². The summed E-state index contributed by atoms with van der Waals surface area (Å²) < 4.78 is 5.75. The Morgan fingerprint density at radius 2 is 1.18 bits per heavy atom. The minimum Gasteiger partial charge on any atom is -0.490 e. The van der Waals surface area contributed by atoms with Gasteiger partial charge in [0, 0.05) is 9.79 Å². The molecule has 3 aromatic rings. The molecule has 0 N–H and O–H groups in total. The molecule has 0 fully saturated rings. The zero-order valence-electron chi connectivity index (χ0n) is 19.2. The summed E-state index contributed by atoms with van der Waals surface area (Å²) >= 11 is 2.36. The van der Waals surface area contributed by atoms with E-state index in [4.69, 9.17) is 4.74 Å². The number of benzene rings is 3. The minimum atomic E-state index is -0.0336. The van der Waals surface area contributed by atoms with E-state index in [2.05, 4.69) is 37.4 Å². The lowest BCUT2D eigenvalue weighted by atomic mass is 10.0. The van der Waals surface area contributed by atoms with Gasteiger partial charge in [-0.1, -0.05) is 55.6 Å². The zero-order chi connectivity index (χ0) is 24.5. The first-order chi connectivity index (χ1) is 16.3. The van der Waals surface area contributed by atoms with Crippen molar-refractivity contribution >= 4 is 39.8 Å². The highest BCUT2D eigenvalue weighted by Crippen LogP contribution is 2.27. The van der Waals surface area contributed by atoms with E-state index in [0.717, 1.165) is 44.0 Å². The maximum absolute atomic E-state index is 11.8. The molecule has 0 aliphatic heterocycles. The van der Waals surface area contributed by atoms with Crippen LogP contribution in [0.4, 0.5) is 0 Å². The van der Waals surface area contributed by atoms with Crippen molar-refractivity contribution in [2.24, 2.45) is 0 Å². The van der Waals surface area contributed by atoms with Crippen molar-refractivity contribution in [3.05, 3.63) is 109 Å². The van der Waals surface area contributed by atoms with Crippen LogP contribution in [0.3, 0.4) is 0 Å². The maximum atomic E-state index is 11.8. The van der Waals surface area contributed by atoms with Crippen LogP contribution in [-0.2, 0) is 9.59 Å². The van der Waals surface area contributed by atoms with Crippen LogP contribution < -0.4 is 4.74 Å². The summed E-state index contributed by atoms with van der Waals surface area (Å²) in [7, 11) is 0. The van der Waals surface area contributed by atoms with Crippen molar-refractivity contribution in [2.75, 3.05) is 6.61 Å². The fourth-order valence-electron chi connectivity index (χ4n) is 2.82. The molecule has 0 spiro atoms. The van der Waals surface area contributed by atoms with Gasteiger partial charge in [0.05, 0.1) is 0 Å². The summed E-state index contributed by atoms with van der Waals surface area (Å²) in [5.41, 5.74) is 4.37. The Morgan fingerprint density at radius 3 is 1.65 bits per heavy atom. The molecular weight excluding hydrogens is 460 g/mol. The Kier molecular flexibility index (Phi) is 9.14. The molecule has 0 bridgehead atoms. The van der Waals surface area contributed by atoms with Crippen molar-refractivity contribution in [1.82, 2.24) is 0 Å². The highest BCUT2D eigenvalue weighted by Gasteiger charge is 2.06. The van der Waals surface area contributed by atoms with Crippen molar-refractivity contribution in [2.45, 2.75) is 23.6 Å². The summed E-state index contributed by atoms with van der Waals surface area (Å²) in [6, 6.07) is 23.7. The molecule has 0 saturated carbocycles. The summed E-state index contributed by atoms with van der Waals surface area (Å²) in [6.45, 7) is 11.2. The van der Waals surface area contributed by atoms with Gasteiger partial charge in [0.25, 0.3) is 0 Å². The molecule has 3 nitrogen and oxygen atoms in total. The van der Waals surface area contributed by atoms with Crippen LogP contribution in [0, 0.1) is 0 Å². The van der Waals surface area contributed by atoms with Gasteiger partial charge in [-0.25, -0.2) is 0 Å². The van der Waals surface area contributed by atoms with Crippen LogP contribution in [0.2, 0.25) is 0 Å². The lowest BCUT2D eigenvalue weighted by Gasteiger charge is -2.06. The lowest BCUT2D eigenvalue weighted by Crippen LogP contribution is -1.94. The zero-order valence-corrected chi connectivity index (χ0v) is 20.9. The van der Waals surface area contributed by atoms with Gasteiger partial charge in [0.15, 0.2) is 0 Å². The molecule has 0 saturated heterocycles. The van der Waals surface area contributed by atoms with E-state index in [9.17, 15) is 9.59 Å². The topological polar surface area (TPSA) is 43.4 Å². The minimum absolute atomic E-state index is 0.0148. The van der Waals surface area contributed by atoms with Crippen LogP contribution in [0.15, 0.2) is 113 Å². The van der Waals surface area contributed by atoms with Gasteiger partial charge in [0.1, 0.15) is 12.4 Å². The molecule has 0 aliphatic carbocycles. The molecule has 0 heterocycles. The summed E-state index contributed by atoms with van der Waals surface area (Å²) in [5.74, 6) is 0.749. The number of carbonyl (C=O) groups is 2. The third-order valence-electron chi connectivity index (χ3n) is 4.70. The van der Waals surface area contributed by atoms with Crippen LogP contribution in [0.25, 0.3) is 17.2 Å². The molecular formula is C29H26O3S2. The molecule has 0 radical (unpaired) electrons. The van der Waals surface area contributed by atoms with E-state index < -0.39 is 0 Å². The number of rotatable bonds is 9. The second-order valence-corrected chi connectivity index (χ2v) is 9.76. The largest absolute Gasteiger partial charge is 0.490 e. The summed E-state index contributed by atoms with van der Waals surface area (Å²) in [4.78, 5) is 25.3. The monoisotopic (exact) mass is 486 g/mol. The van der Waals surface area contributed by atoms with E-state index >= 15 is 0 Å². The third kappa shape index (κ3) is 7.65. The molecule has 0 aromatic heterocycles. The van der Waals surface area contributed by atoms with E-state index in [1.807, 2.05) is 60.7 Å². The first-order valence-electron chi connectivity index (χ1n) is 10.7. The van der Waals surface area contributed by atoms with Crippen molar-refractivity contribution in [1.29, 1.82) is 0 Å². The fourth-order valence-corrected chi connectivity index (χ4v) is 4.14. The van der Waals surface area contributed by atoms with Gasteiger partial charge in [-0.05, 0) is 108 Å². The van der Waals surface area contributed by atoms with Gasteiger partial charge in [-0.15, -0.1) is 0 Å². The average Bonchev–Trinajstić information content (AvgIpc) is 2.83. The highest BCUT2D eigenvalue weighted by atomic mass is 32.2. The van der Waals surface area contributed by atoms with Crippen LogP contribution in [0.5, 0.6) is 5.75 Å². The Labute approximate surface area is 209 Å². The molecule has 0 amide bonds.